The SMILES string of the molecule is CCCCOC(=O)N1CCN(C(=O)[C@@H](NC(=O)c2cc(N3C[C@@H]4[C@H](C3)[C@@H]4C(=O)O)nc(-c3ccccc3F)n2)C(C)C)CC1. The van der Waals surface area contributed by atoms with Crippen molar-refractivity contribution in [3.05, 3.63) is 41.8 Å². The molecule has 1 aromatic heterocycles. The monoisotopic (exact) mass is 610 g/mol. The number of hydrogen-bond acceptors (Lipinski definition) is 8. The number of nitrogens with one attached hydrogen (secondary N) is 1. The molecule has 0 radical (unpaired) electrons. The number of hydrogen-bond donors (Lipinski definition) is 2. The van der Waals surface area contributed by atoms with Crippen molar-refractivity contribution < 1.29 is 33.4 Å². The lowest BCUT2D eigenvalue weighted by molar-refractivity contribution is -0.139. The number of benzene rings is 1. The van der Waals surface area contributed by atoms with Gasteiger partial charge >= 0.3 is 12.1 Å². The molecule has 3 heterocycles. The molecular weight excluding hydrogens is 571 g/mol. The number of aliphatic carboxylic acids is 1. The predicted molar refractivity (Wildman–Crippen MR) is 158 cm³/mol. The number of nitrogens with zero attached hydrogens (tertiary/aromatic N) is 5. The Morgan fingerprint density at radius 3 is 2.32 bits per heavy atom. The van der Waals surface area contributed by atoms with Gasteiger partial charge in [-0.1, -0.05) is 39.3 Å². The second-order valence-electron chi connectivity index (χ2n) is 12.0. The summed E-state index contributed by atoms with van der Waals surface area (Å²) in [6.07, 6.45) is 1.32. The molecule has 3 aliphatic rings. The van der Waals surface area contributed by atoms with Gasteiger partial charge in [0, 0.05) is 45.3 Å². The smallest absolute Gasteiger partial charge is 0.409 e. The van der Waals surface area contributed by atoms with Crippen molar-refractivity contribution in [3.63, 3.8) is 0 Å². The van der Waals surface area contributed by atoms with E-state index in [1.54, 1.807) is 21.9 Å². The molecule has 0 spiro atoms. The van der Waals surface area contributed by atoms with Gasteiger partial charge in [0.1, 0.15) is 23.4 Å². The van der Waals surface area contributed by atoms with Crippen molar-refractivity contribution >= 4 is 29.7 Å². The molecule has 12 nitrogen and oxygen atoms in total. The molecule has 2 aliphatic heterocycles. The second-order valence-corrected chi connectivity index (χ2v) is 12.0. The fourth-order valence-corrected chi connectivity index (χ4v) is 5.99. The maximum atomic E-state index is 14.8. The van der Waals surface area contributed by atoms with Gasteiger partial charge < -0.3 is 29.9 Å². The van der Waals surface area contributed by atoms with E-state index in [0.717, 1.165) is 12.8 Å². The zero-order valence-electron chi connectivity index (χ0n) is 25.2. The fourth-order valence-electron chi connectivity index (χ4n) is 5.99. The zero-order valence-corrected chi connectivity index (χ0v) is 25.2. The third-order valence-corrected chi connectivity index (χ3v) is 8.66. The minimum atomic E-state index is -0.864. The van der Waals surface area contributed by atoms with Gasteiger partial charge in [0.05, 0.1) is 18.1 Å². The number of rotatable bonds is 10. The number of piperidine rings is 1. The van der Waals surface area contributed by atoms with Crippen molar-refractivity contribution in [3.8, 4) is 11.4 Å². The van der Waals surface area contributed by atoms with Gasteiger partial charge in [-0.05, 0) is 36.3 Å². The number of unbranched alkanes of at least 4 members (excludes halogenated alkanes) is 1. The normalized spacial score (nSPS) is 21.6. The summed E-state index contributed by atoms with van der Waals surface area (Å²) in [6.45, 7) is 8.24. The van der Waals surface area contributed by atoms with E-state index in [2.05, 4.69) is 15.3 Å². The first-order valence-corrected chi connectivity index (χ1v) is 15.2. The molecule has 4 atom stereocenters. The van der Waals surface area contributed by atoms with Crippen LogP contribution in [0.15, 0.2) is 30.3 Å². The van der Waals surface area contributed by atoms with Crippen LogP contribution in [0.5, 0.6) is 0 Å². The van der Waals surface area contributed by atoms with Gasteiger partial charge in [-0.2, -0.15) is 0 Å². The Balaban J connectivity index is 1.31. The molecule has 1 saturated carbocycles. The van der Waals surface area contributed by atoms with E-state index in [1.165, 1.54) is 18.2 Å². The average molecular weight is 611 g/mol. The van der Waals surface area contributed by atoms with Crippen LogP contribution in [-0.4, -0.2) is 101 Å². The van der Waals surface area contributed by atoms with Gasteiger partial charge in [0.2, 0.25) is 5.91 Å². The van der Waals surface area contributed by atoms with Crippen LogP contribution in [0.1, 0.15) is 44.1 Å². The maximum absolute atomic E-state index is 14.8. The Kier molecular flexibility index (Phi) is 9.31. The molecule has 1 aliphatic carbocycles. The van der Waals surface area contributed by atoms with Crippen molar-refractivity contribution in [2.45, 2.75) is 39.7 Å². The Labute approximate surface area is 255 Å². The van der Waals surface area contributed by atoms with Gasteiger partial charge in [-0.25, -0.2) is 19.2 Å². The number of aromatic nitrogens is 2. The third kappa shape index (κ3) is 6.61. The molecular formula is C31H39FN6O6. The van der Waals surface area contributed by atoms with Gasteiger partial charge in [-0.3, -0.25) is 14.4 Å². The van der Waals surface area contributed by atoms with Gasteiger partial charge in [-0.15, -0.1) is 0 Å². The van der Waals surface area contributed by atoms with E-state index >= 15 is 0 Å². The number of carboxylic acids is 1. The second kappa shape index (κ2) is 13.1. The molecule has 236 valence electrons. The summed E-state index contributed by atoms with van der Waals surface area (Å²) in [4.78, 5) is 65.0. The number of carboxylic acid groups (broad SMARTS) is 1. The first kappa shape index (κ1) is 31.1. The summed E-state index contributed by atoms with van der Waals surface area (Å²) in [6, 6.07) is 6.64. The van der Waals surface area contributed by atoms with Crippen LogP contribution in [0.2, 0.25) is 0 Å². The Bertz CT molecular complexity index is 1400. The number of anilines is 1. The lowest BCUT2D eigenvalue weighted by Gasteiger charge is -2.36. The summed E-state index contributed by atoms with van der Waals surface area (Å²) >= 11 is 0. The van der Waals surface area contributed by atoms with Crippen molar-refractivity contribution in [1.29, 1.82) is 0 Å². The highest BCUT2D eigenvalue weighted by molar-refractivity contribution is 5.97. The van der Waals surface area contributed by atoms with E-state index in [1.807, 2.05) is 25.7 Å². The molecule has 3 amide bonds. The largest absolute Gasteiger partial charge is 0.481 e. The summed E-state index contributed by atoms with van der Waals surface area (Å²) < 4.78 is 20.1. The number of amides is 3. The Morgan fingerprint density at radius 1 is 1.05 bits per heavy atom. The number of fused-ring (bicyclic) bond motifs is 1. The number of piperazine rings is 1. The summed E-state index contributed by atoms with van der Waals surface area (Å²) in [7, 11) is 0. The molecule has 13 heteroatoms. The van der Waals surface area contributed by atoms with E-state index < -0.39 is 29.8 Å². The number of carbonyl (C=O) groups excluding carboxylic acids is 3. The van der Waals surface area contributed by atoms with Crippen LogP contribution in [0.3, 0.4) is 0 Å². The maximum Gasteiger partial charge on any atom is 0.409 e. The summed E-state index contributed by atoms with van der Waals surface area (Å²) in [5, 5.41) is 12.2. The van der Waals surface area contributed by atoms with Crippen LogP contribution in [0, 0.1) is 29.5 Å². The highest BCUT2D eigenvalue weighted by Crippen LogP contribution is 2.52. The quantitative estimate of drug-likeness (QED) is 0.388. The first-order chi connectivity index (χ1) is 21.1. The van der Waals surface area contributed by atoms with Crippen LogP contribution >= 0.6 is 0 Å². The topological polar surface area (TPSA) is 145 Å². The van der Waals surface area contributed by atoms with Crippen LogP contribution in [0.4, 0.5) is 15.0 Å². The lowest BCUT2D eigenvalue weighted by Crippen LogP contribution is -2.57. The molecule has 2 aromatic rings. The van der Waals surface area contributed by atoms with Crippen LogP contribution < -0.4 is 10.2 Å². The molecule has 3 fully saturated rings. The number of ether oxygens (including phenoxy) is 1. The van der Waals surface area contributed by atoms with Crippen LogP contribution in [-0.2, 0) is 14.3 Å². The zero-order chi connectivity index (χ0) is 31.5. The standard InChI is InChI=1S/C31H39FN6O6/c1-4-5-14-44-31(43)37-12-10-36(11-13-37)29(40)26(18(2)3)35-28(39)23-15-24(38-16-20-21(17-38)25(20)30(41)42)34-27(33-23)19-8-6-7-9-22(19)32/h6-9,15,18,20-21,25-26H,4-5,10-14,16-17H2,1-3H3,(H,35,39)(H,41,42)/t20-,21+,25-,26-/m0/s1. The highest BCUT2D eigenvalue weighted by Gasteiger charge is 2.60. The summed E-state index contributed by atoms with van der Waals surface area (Å²) in [5.74, 6) is -2.45. The van der Waals surface area contributed by atoms with Crippen molar-refractivity contribution in [1.82, 2.24) is 25.1 Å². The number of halogens is 1. The van der Waals surface area contributed by atoms with Gasteiger partial charge in [0.25, 0.3) is 5.91 Å². The molecule has 0 bridgehead atoms. The molecule has 2 N–H and O–H groups in total. The Morgan fingerprint density at radius 2 is 1.70 bits per heavy atom. The molecule has 5 rings (SSSR count). The van der Waals surface area contributed by atoms with Crippen molar-refractivity contribution in [2.24, 2.45) is 23.7 Å². The van der Waals surface area contributed by atoms with E-state index in [4.69, 9.17) is 4.74 Å². The summed E-state index contributed by atoms with van der Waals surface area (Å²) in [5.41, 5.74) is 0.0976. The highest BCUT2D eigenvalue weighted by atomic mass is 19.1. The fraction of sp³-hybridized carbons (Fsp3) is 0.548. The molecule has 0 unspecified atom stereocenters. The number of carbonyl (C=O) groups is 4. The lowest BCUT2D eigenvalue weighted by atomic mass is 10.0. The van der Waals surface area contributed by atoms with Crippen molar-refractivity contribution in [2.75, 3.05) is 50.8 Å². The Hall–Kier alpha value is -4.29. The molecule has 2 saturated heterocycles. The first-order valence-electron chi connectivity index (χ1n) is 15.2. The van der Waals surface area contributed by atoms with E-state index in [9.17, 15) is 28.7 Å². The minimum absolute atomic E-state index is 0.00161. The van der Waals surface area contributed by atoms with E-state index in [-0.39, 0.29) is 46.7 Å². The third-order valence-electron chi connectivity index (χ3n) is 8.66. The van der Waals surface area contributed by atoms with Gasteiger partial charge in [0.15, 0.2) is 5.82 Å². The average Bonchev–Trinajstić information content (AvgIpc) is 3.53. The van der Waals surface area contributed by atoms with E-state index in [0.29, 0.717) is 51.7 Å². The predicted octanol–water partition coefficient (Wildman–Crippen LogP) is 2.88. The minimum Gasteiger partial charge on any atom is -0.481 e. The van der Waals surface area contributed by atoms with Crippen LogP contribution in [0.25, 0.3) is 11.4 Å². The molecule has 44 heavy (non-hydrogen) atoms. The molecule has 1 aromatic carbocycles.